The van der Waals surface area contributed by atoms with E-state index in [0.29, 0.717) is 11.6 Å². The number of pyridine rings is 1. The SMILES string of the molecule is COC(=O)c1ccc(NS(=O)(=O)c2ccc3c(c2)C(=O)N(C)c2ncccc2O3)cc1. The molecule has 0 spiro atoms. The number of methoxy groups -OCH3 is 1. The number of ether oxygens (including phenoxy) is 2. The van der Waals surface area contributed by atoms with Gasteiger partial charge < -0.3 is 9.47 Å². The van der Waals surface area contributed by atoms with Crippen molar-refractivity contribution in [2.24, 2.45) is 0 Å². The molecule has 1 N–H and O–H groups in total. The van der Waals surface area contributed by atoms with Crippen LogP contribution >= 0.6 is 0 Å². The van der Waals surface area contributed by atoms with Crippen LogP contribution in [0.3, 0.4) is 0 Å². The van der Waals surface area contributed by atoms with Gasteiger partial charge in [-0.1, -0.05) is 0 Å². The first-order chi connectivity index (χ1) is 14.8. The van der Waals surface area contributed by atoms with Crippen molar-refractivity contribution in [2.45, 2.75) is 4.90 Å². The minimum Gasteiger partial charge on any atom is -0.465 e. The Balaban J connectivity index is 1.65. The second kappa shape index (κ2) is 7.73. The second-order valence-corrected chi connectivity index (χ2v) is 8.31. The first-order valence-electron chi connectivity index (χ1n) is 9.06. The third kappa shape index (κ3) is 3.80. The summed E-state index contributed by atoms with van der Waals surface area (Å²) in [6.45, 7) is 0. The molecule has 2 heterocycles. The zero-order valence-corrected chi connectivity index (χ0v) is 17.3. The third-order valence-corrected chi connectivity index (χ3v) is 6.02. The van der Waals surface area contributed by atoms with E-state index in [2.05, 4.69) is 14.4 Å². The van der Waals surface area contributed by atoms with Crippen LogP contribution in [0.4, 0.5) is 11.5 Å². The van der Waals surface area contributed by atoms with Crippen LogP contribution in [0.5, 0.6) is 11.5 Å². The number of hydrogen-bond donors (Lipinski definition) is 1. The maximum atomic E-state index is 12.9. The van der Waals surface area contributed by atoms with E-state index >= 15 is 0 Å². The number of rotatable bonds is 4. The van der Waals surface area contributed by atoms with Crippen LogP contribution in [-0.4, -0.2) is 39.4 Å². The molecule has 1 aliphatic rings. The molecule has 1 aliphatic heterocycles. The molecule has 31 heavy (non-hydrogen) atoms. The minimum atomic E-state index is -4.01. The molecule has 158 valence electrons. The van der Waals surface area contributed by atoms with Crippen molar-refractivity contribution in [3.8, 4) is 11.5 Å². The van der Waals surface area contributed by atoms with Crippen molar-refractivity contribution in [3.05, 3.63) is 71.9 Å². The summed E-state index contributed by atoms with van der Waals surface area (Å²) in [5.41, 5.74) is 0.623. The fourth-order valence-corrected chi connectivity index (χ4v) is 4.13. The first kappa shape index (κ1) is 20.4. The Morgan fingerprint density at radius 2 is 1.84 bits per heavy atom. The van der Waals surface area contributed by atoms with Crippen LogP contribution in [0, 0.1) is 0 Å². The summed E-state index contributed by atoms with van der Waals surface area (Å²) in [5, 5.41) is 0. The molecule has 0 radical (unpaired) electrons. The molecule has 9 nitrogen and oxygen atoms in total. The highest BCUT2D eigenvalue weighted by atomic mass is 32.2. The number of anilines is 2. The van der Waals surface area contributed by atoms with Gasteiger partial charge in [0, 0.05) is 18.9 Å². The Hall–Kier alpha value is -3.92. The summed E-state index contributed by atoms with van der Waals surface area (Å²) in [4.78, 5) is 29.8. The lowest BCUT2D eigenvalue weighted by molar-refractivity contribution is 0.0600. The van der Waals surface area contributed by atoms with Crippen molar-refractivity contribution in [1.82, 2.24) is 4.98 Å². The van der Waals surface area contributed by atoms with Gasteiger partial charge in [0.25, 0.3) is 15.9 Å². The van der Waals surface area contributed by atoms with Gasteiger partial charge in [0.05, 0.1) is 23.1 Å². The molecule has 4 rings (SSSR count). The summed E-state index contributed by atoms with van der Waals surface area (Å²) in [7, 11) is -1.22. The Morgan fingerprint density at radius 3 is 2.55 bits per heavy atom. The number of nitrogens with one attached hydrogen (secondary N) is 1. The maximum Gasteiger partial charge on any atom is 0.337 e. The largest absolute Gasteiger partial charge is 0.465 e. The van der Waals surface area contributed by atoms with Crippen molar-refractivity contribution in [2.75, 3.05) is 23.8 Å². The third-order valence-electron chi connectivity index (χ3n) is 4.64. The number of fused-ring (bicyclic) bond motifs is 2. The topological polar surface area (TPSA) is 115 Å². The number of benzene rings is 2. The van der Waals surface area contributed by atoms with Gasteiger partial charge >= 0.3 is 5.97 Å². The summed E-state index contributed by atoms with van der Waals surface area (Å²) in [6.07, 6.45) is 1.53. The van der Waals surface area contributed by atoms with Gasteiger partial charge in [-0.3, -0.25) is 14.4 Å². The van der Waals surface area contributed by atoms with Gasteiger partial charge in [-0.05, 0) is 54.6 Å². The molecule has 0 atom stereocenters. The molecular formula is C21H17N3O6S. The number of carbonyl (C=O) groups excluding carboxylic acids is 2. The number of amides is 1. The summed E-state index contributed by atoms with van der Waals surface area (Å²) < 4.78 is 38.6. The molecule has 1 amide bonds. The van der Waals surface area contributed by atoms with E-state index in [4.69, 9.17) is 4.74 Å². The van der Waals surface area contributed by atoms with Crippen LogP contribution in [0.1, 0.15) is 20.7 Å². The smallest absolute Gasteiger partial charge is 0.337 e. The van der Waals surface area contributed by atoms with Gasteiger partial charge in [0.15, 0.2) is 11.6 Å². The highest BCUT2D eigenvalue weighted by Crippen LogP contribution is 2.37. The van der Waals surface area contributed by atoms with Crippen molar-refractivity contribution >= 4 is 33.4 Å². The van der Waals surface area contributed by atoms with Crippen LogP contribution in [0.2, 0.25) is 0 Å². The maximum absolute atomic E-state index is 12.9. The Labute approximate surface area is 178 Å². The van der Waals surface area contributed by atoms with E-state index in [9.17, 15) is 18.0 Å². The van der Waals surface area contributed by atoms with Gasteiger partial charge in [0.1, 0.15) is 5.75 Å². The lowest BCUT2D eigenvalue weighted by atomic mass is 10.2. The lowest BCUT2D eigenvalue weighted by Gasteiger charge is -2.14. The van der Waals surface area contributed by atoms with E-state index < -0.39 is 21.9 Å². The van der Waals surface area contributed by atoms with E-state index in [1.807, 2.05) is 0 Å². The summed E-state index contributed by atoms with van der Waals surface area (Å²) in [5.74, 6) is -0.0383. The van der Waals surface area contributed by atoms with E-state index in [0.717, 1.165) is 0 Å². The zero-order valence-electron chi connectivity index (χ0n) is 16.5. The molecule has 10 heteroatoms. The highest BCUT2D eigenvalue weighted by molar-refractivity contribution is 7.92. The molecule has 0 saturated carbocycles. The van der Waals surface area contributed by atoms with Crippen LogP contribution in [0.25, 0.3) is 0 Å². The van der Waals surface area contributed by atoms with Gasteiger partial charge in [-0.15, -0.1) is 0 Å². The molecule has 0 saturated heterocycles. The van der Waals surface area contributed by atoms with Gasteiger partial charge in [-0.2, -0.15) is 0 Å². The average Bonchev–Trinajstić information content (AvgIpc) is 2.88. The van der Waals surface area contributed by atoms with Crippen molar-refractivity contribution in [3.63, 3.8) is 0 Å². The van der Waals surface area contributed by atoms with Crippen molar-refractivity contribution in [1.29, 1.82) is 0 Å². The monoisotopic (exact) mass is 439 g/mol. The Morgan fingerprint density at radius 1 is 1.10 bits per heavy atom. The fourth-order valence-electron chi connectivity index (χ4n) is 3.05. The minimum absolute atomic E-state index is 0.0874. The van der Waals surface area contributed by atoms with Gasteiger partial charge in [0.2, 0.25) is 0 Å². The molecule has 0 aliphatic carbocycles. The number of carbonyl (C=O) groups is 2. The zero-order chi connectivity index (χ0) is 22.2. The predicted molar refractivity (Wildman–Crippen MR) is 112 cm³/mol. The van der Waals surface area contributed by atoms with E-state index in [1.54, 1.807) is 12.1 Å². The lowest BCUT2D eigenvalue weighted by Crippen LogP contribution is -2.26. The van der Waals surface area contributed by atoms with E-state index in [1.165, 1.54) is 67.7 Å². The molecule has 1 aromatic heterocycles. The Bertz CT molecular complexity index is 1290. The number of sulfonamides is 1. The molecule has 2 aromatic carbocycles. The summed E-state index contributed by atoms with van der Waals surface area (Å²) in [6, 6.07) is 13.1. The molecular weight excluding hydrogens is 422 g/mol. The number of esters is 1. The number of hydrogen-bond acceptors (Lipinski definition) is 7. The van der Waals surface area contributed by atoms with Gasteiger partial charge in [-0.25, -0.2) is 18.2 Å². The molecule has 3 aromatic rings. The fraction of sp³-hybridized carbons (Fsp3) is 0.0952. The highest BCUT2D eigenvalue weighted by Gasteiger charge is 2.28. The Kier molecular flexibility index (Phi) is 5.07. The van der Waals surface area contributed by atoms with E-state index in [-0.39, 0.29) is 27.5 Å². The number of aromatic nitrogens is 1. The van der Waals surface area contributed by atoms with Crippen LogP contribution in [0.15, 0.2) is 65.7 Å². The molecule has 0 unspecified atom stereocenters. The first-order valence-corrected chi connectivity index (χ1v) is 10.5. The normalized spacial score (nSPS) is 12.8. The van der Waals surface area contributed by atoms with Crippen LogP contribution in [-0.2, 0) is 14.8 Å². The second-order valence-electron chi connectivity index (χ2n) is 6.62. The average molecular weight is 439 g/mol. The molecule has 0 bridgehead atoms. The van der Waals surface area contributed by atoms with Crippen LogP contribution < -0.4 is 14.4 Å². The summed E-state index contributed by atoms with van der Waals surface area (Å²) >= 11 is 0. The molecule has 0 fully saturated rings. The van der Waals surface area contributed by atoms with Crippen molar-refractivity contribution < 1.29 is 27.5 Å². The predicted octanol–water partition coefficient (Wildman–Crippen LogP) is 3.05. The standard InChI is InChI=1S/C21H17N3O6S/c1-24-19-18(4-3-11-22-19)30-17-10-9-15(12-16(17)20(24)25)31(27,28)23-14-7-5-13(6-8-14)21(26)29-2/h3-12,23H,1-2H3. The quantitative estimate of drug-likeness (QED) is 0.621. The number of nitrogens with zero attached hydrogens (tertiary/aromatic N) is 2.